The third kappa shape index (κ3) is 6.66. The molecular formula is C27H21F3N6O3S2. The largest absolute Gasteiger partial charge is 0.497 e. The molecule has 14 heteroatoms. The van der Waals surface area contributed by atoms with Gasteiger partial charge < -0.3 is 15.4 Å². The molecule has 0 radical (unpaired) electrons. The number of para-hydroxylation sites is 1. The zero-order chi connectivity index (χ0) is 29.0. The number of hydrogen-bond acceptors (Lipinski definition) is 8. The number of thiazole rings is 1. The van der Waals surface area contributed by atoms with Crippen LogP contribution in [-0.4, -0.2) is 44.4 Å². The highest BCUT2D eigenvalue weighted by atomic mass is 32.2. The molecule has 210 valence electrons. The lowest BCUT2D eigenvalue weighted by molar-refractivity contribution is -0.137. The van der Waals surface area contributed by atoms with Crippen molar-refractivity contribution in [2.24, 2.45) is 0 Å². The fourth-order valence-corrected chi connectivity index (χ4v) is 5.48. The second-order valence-corrected chi connectivity index (χ2v) is 10.5. The number of rotatable bonds is 9. The number of carbonyl (C=O) groups is 2. The molecule has 2 N–H and O–H groups in total. The fourth-order valence-electron chi connectivity index (χ4n) is 3.83. The topological polar surface area (TPSA) is 111 Å². The summed E-state index contributed by atoms with van der Waals surface area (Å²) in [5.41, 5.74) is 0.352. The minimum atomic E-state index is -4.57. The molecule has 0 aliphatic heterocycles. The average molecular weight is 599 g/mol. The molecule has 0 unspecified atom stereocenters. The molecule has 2 aromatic heterocycles. The van der Waals surface area contributed by atoms with Gasteiger partial charge in [0.1, 0.15) is 5.75 Å². The number of amides is 2. The average Bonchev–Trinajstić information content (AvgIpc) is 3.57. The van der Waals surface area contributed by atoms with Gasteiger partial charge in [0, 0.05) is 5.56 Å². The van der Waals surface area contributed by atoms with Crippen LogP contribution in [-0.2, 0) is 17.5 Å². The van der Waals surface area contributed by atoms with Gasteiger partial charge in [-0.05, 0) is 48.5 Å². The predicted octanol–water partition coefficient (Wildman–Crippen LogP) is 5.57. The van der Waals surface area contributed by atoms with Crippen LogP contribution in [0, 0.1) is 0 Å². The van der Waals surface area contributed by atoms with Crippen LogP contribution in [0.3, 0.4) is 0 Å². The number of thioether (sulfide) groups is 1. The highest BCUT2D eigenvalue weighted by molar-refractivity contribution is 7.99. The van der Waals surface area contributed by atoms with Crippen LogP contribution in [0.2, 0.25) is 0 Å². The molecule has 41 heavy (non-hydrogen) atoms. The van der Waals surface area contributed by atoms with E-state index in [0.717, 1.165) is 34.1 Å². The van der Waals surface area contributed by atoms with Gasteiger partial charge in [0.05, 0.1) is 40.9 Å². The molecule has 0 fully saturated rings. The zero-order valence-electron chi connectivity index (χ0n) is 21.3. The van der Waals surface area contributed by atoms with Crippen LogP contribution in [0.25, 0.3) is 15.9 Å². The smallest absolute Gasteiger partial charge is 0.416 e. The summed E-state index contributed by atoms with van der Waals surface area (Å²) < 4.78 is 47.9. The Kier molecular flexibility index (Phi) is 8.21. The molecule has 3 aromatic carbocycles. The Hall–Kier alpha value is -4.43. The maximum Gasteiger partial charge on any atom is 0.416 e. The molecule has 0 aliphatic carbocycles. The van der Waals surface area contributed by atoms with E-state index >= 15 is 0 Å². The Balaban J connectivity index is 1.36. The van der Waals surface area contributed by atoms with Crippen molar-refractivity contribution < 1.29 is 27.5 Å². The van der Waals surface area contributed by atoms with Crippen molar-refractivity contribution in [2.45, 2.75) is 17.9 Å². The number of carbonyl (C=O) groups excluding carboxylic acids is 2. The Morgan fingerprint density at radius 2 is 1.83 bits per heavy atom. The Bertz CT molecular complexity index is 1690. The Morgan fingerprint density at radius 3 is 2.61 bits per heavy atom. The first-order valence-electron chi connectivity index (χ1n) is 12.0. The van der Waals surface area contributed by atoms with Crippen molar-refractivity contribution >= 4 is 50.3 Å². The van der Waals surface area contributed by atoms with Gasteiger partial charge in [-0.2, -0.15) is 13.2 Å². The number of benzene rings is 3. The van der Waals surface area contributed by atoms with Crippen molar-refractivity contribution in [1.29, 1.82) is 0 Å². The molecule has 2 amide bonds. The number of ether oxygens (including phenoxy) is 1. The van der Waals surface area contributed by atoms with E-state index in [1.807, 2.05) is 24.3 Å². The third-order valence-electron chi connectivity index (χ3n) is 5.74. The second-order valence-electron chi connectivity index (χ2n) is 8.52. The van der Waals surface area contributed by atoms with Crippen molar-refractivity contribution in [3.63, 3.8) is 0 Å². The summed E-state index contributed by atoms with van der Waals surface area (Å²) >= 11 is 2.31. The number of alkyl halides is 3. The van der Waals surface area contributed by atoms with Crippen LogP contribution in [0.1, 0.15) is 21.7 Å². The number of nitrogens with zero attached hydrogens (tertiary/aromatic N) is 4. The van der Waals surface area contributed by atoms with E-state index in [1.165, 1.54) is 35.1 Å². The molecule has 0 atom stereocenters. The molecule has 0 bridgehead atoms. The standard InChI is InChI=1S/C27H21F3N6O3S2/c1-39-19-9-4-6-16(12-19)24(38)31-14-22-34-35-26(36(22)18-8-5-7-17(13-18)27(28,29)30)40-15-23(37)33-25-32-20-10-2-3-11-21(20)41-25/h2-13H,14-15H2,1H3,(H,31,38)(H,32,33,37). The van der Waals surface area contributed by atoms with Crippen molar-refractivity contribution in [3.8, 4) is 11.4 Å². The van der Waals surface area contributed by atoms with E-state index in [9.17, 15) is 22.8 Å². The molecule has 0 spiro atoms. The van der Waals surface area contributed by atoms with Crippen LogP contribution >= 0.6 is 23.1 Å². The Labute approximate surface area is 239 Å². The highest BCUT2D eigenvalue weighted by Gasteiger charge is 2.31. The summed E-state index contributed by atoms with van der Waals surface area (Å²) in [6.45, 7) is -0.141. The number of halogens is 3. The lowest BCUT2D eigenvalue weighted by Gasteiger charge is -2.13. The molecule has 0 aliphatic rings. The summed E-state index contributed by atoms with van der Waals surface area (Å²) in [6.07, 6.45) is -4.57. The molecule has 2 heterocycles. The zero-order valence-corrected chi connectivity index (χ0v) is 22.9. The number of nitrogens with one attached hydrogen (secondary N) is 2. The lowest BCUT2D eigenvalue weighted by Crippen LogP contribution is -2.24. The van der Waals surface area contributed by atoms with Gasteiger partial charge in [-0.1, -0.05) is 47.4 Å². The first-order valence-corrected chi connectivity index (χ1v) is 13.8. The van der Waals surface area contributed by atoms with Crippen LogP contribution in [0.4, 0.5) is 18.3 Å². The summed E-state index contributed by atoms with van der Waals surface area (Å²) in [5.74, 6) is -0.252. The minimum Gasteiger partial charge on any atom is -0.497 e. The lowest BCUT2D eigenvalue weighted by atomic mass is 10.2. The first-order chi connectivity index (χ1) is 19.7. The molecule has 5 rings (SSSR count). The van der Waals surface area contributed by atoms with Gasteiger partial charge in [-0.3, -0.25) is 14.2 Å². The van der Waals surface area contributed by atoms with E-state index in [4.69, 9.17) is 4.74 Å². The van der Waals surface area contributed by atoms with Gasteiger partial charge in [0.15, 0.2) is 16.1 Å². The number of aromatic nitrogens is 4. The minimum absolute atomic E-state index is 0.108. The number of anilines is 1. The van der Waals surface area contributed by atoms with Crippen molar-refractivity contribution in [3.05, 3.63) is 89.7 Å². The SMILES string of the molecule is COc1cccc(C(=O)NCc2nnc(SCC(=O)Nc3nc4ccccc4s3)n2-c2cccc(C(F)(F)F)c2)c1. The molecule has 0 saturated heterocycles. The number of fused-ring (bicyclic) bond motifs is 1. The van der Waals surface area contributed by atoms with Crippen molar-refractivity contribution in [2.75, 3.05) is 18.2 Å². The summed E-state index contributed by atoms with van der Waals surface area (Å²) in [7, 11) is 1.48. The molecule has 5 aromatic rings. The predicted molar refractivity (Wildman–Crippen MR) is 149 cm³/mol. The third-order valence-corrected chi connectivity index (χ3v) is 7.62. The molecule has 0 saturated carbocycles. The van der Waals surface area contributed by atoms with E-state index in [-0.39, 0.29) is 34.9 Å². The maximum absolute atomic E-state index is 13.5. The van der Waals surface area contributed by atoms with Crippen LogP contribution in [0.15, 0.2) is 78.0 Å². The summed E-state index contributed by atoms with van der Waals surface area (Å²) in [5, 5.41) is 14.3. The first kappa shape index (κ1) is 28.1. The normalized spacial score (nSPS) is 11.4. The quantitative estimate of drug-likeness (QED) is 0.214. The maximum atomic E-state index is 13.5. The van der Waals surface area contributed by atoms with Crippen LogP contribution in [0.5, 0.6) is 5.75 Å². The van der Waals surface area contributed by atoms with E-state index in [2.05, 4.69) is 25.8 Å². The summed E-state index contributed by atoms with van der Waals surface area (Å²) in [4.78, 5) is 29.8. The van der Waals surface area contributed by atoms with Gasteiger partial charge in [-0.25, -0.2) is 4.98 Å². The van der Waals surface area contributed by atoms with Crippen LogP contribution < -0.4 is 15.4 Å². The molecule has 9 nitrogen and oxygen atoms in total. The Morgan fingerprint density at radius 1 is 1.02 bits per heavy atom. The summed E-state index contributed by atoms with van der Waals surface area (Å²) in [6, 6.07) is 18.6. The monoisotopic (exact) mass is 598 g/mol. The fraction of sp³-hybridized carbons (Fsp3) is 0.148. The molecular weight excluding hydrogens is 577 g/mol. The van der Waals surface area contributed by atoms with Gasteiger partial charge >= 0.3 is 6.18 Å². The van der Waals surface area contributed by atoms with E-state index in [1.54, 1.807) is 24.3 Å². The number of methoxy groups -OCH3 is 1. The highest BCUT2D eigenvalue weighted by Crippen LogP contribution is 2.32. The van der Waals surface area contributed by atoms with Gasteiger partial charge in [-0.15, -0.1) is 10.2 Å². The van der Waals surface area contributed by atoms with E-state index in [0.29, 0.717) is 16.4 Å². The van der Waals surface area contributed by atoms with Gasteiger partial charge in [0.2, 0.25) is 5.91 Å². The van der Waals surface area contributed by atoms with E-state index < -0.39 is 17.6 Å². The second kappa shape index (κ2) is 12.0. The number of hydrogen-bond donors (Lipinski definition) is 2. The van der Waals surface area contributed by atoms with Gasteiger partial charge in [0.25, 0.3) is 5.91 Å². The van der Waals surface area contributed by atoms with Crippen molar-refractivity contribution in [1.82, 2.24) is 25.1 Å².